The van der Waals surface area contributed by atoms with E-state index in [-0.39, 0.29) is 17.9 Å². The van der Waals surface area contributed by atoms with Gasteiger partial charge >= 0.3 is 11.8 Å². The van der Waals surface area contributed by atoms with Crippen molar-refractivity contribution in [2.75, 3.05) is 30.4 Å². The first kappa shape index (κ1) is 20.3. The molecule has 0 fully saturated rings. The molecule has 29 heavy (non-hydrogen) atoms. The third kappa shape index (κ3) is 4.52. The van der Waals surface area contributed by atoms with Crippen LogP contribution in [0.25, 0.3) is 0 Å². The zero-order valence-electron chi connectivity index (χ0n) is 16.1. The molecule has 152 valence electrons. The van der Waals surface area contributed by atoms with Gasteiger partial charge in [-0.25, -0.2) is 0 Å². The molecule has 2 amide bonds. The summed E-state index contributed by atoms with van der Waals surface area (Å²) in [5, 5.41) is 26.0. The molecule has 1 aliphatic rings. The molecule has 3 rings (SSSR count). The van der Waals surface area contributed by atoms with Crippen molar-refractivity contribution >= 4 is 28.9 Å². The fourth-order valence-corrected chi connectivity index (χ4v) is 3.22. The molecule has 0 aliphatic carbocycles. The molecule has 1 aliphatic heterocycles. The van der Waals surface area contributed by atoms with Crippen molar-refractivity contribution in [1.29, 1.82) is 0 Å². The number of hydrogen-bond donors (Lipinski definition) is 3. The zero-order valence-corrected chi connectivity index (χ0v) is 16.1. The molecule has 0 saturated heterocycles. The number of nitrogens with one attached hydrogen (secondary N) is 2. The van der Waals surface area contributed by atoms with Gasteiger partial charge in [0.1, 0.15) is 0 Å². The van der Waals surface area contributed by atoms with Crippen LogP contribution in [0, 0.1) is 17.0 Å². The Labute approximate surface area is 167 Å². The van der Waals surface area contributed by atoms with Crippen LogP contribution in [-0.2, 0) is 16.0 Å². The number of aryl methyl sites for hydroxylation is 1. The SMILES string of the molecule is Cc1ccc([N+](=O)[O-])cc1NC(=O)C(=O)NCC(O)c1ccc2c(c1)CCN2C. The van der Waals surface area contributed by atoms with Crippen LogP contribution in [0.4, 0.5) is 17.1 Å². The first-order valence-electron chi connectivity index (χ1n) is 9.12. The van der Waals surface area contributed by atoms with Gasteiger partial charge in [0.2, 0.25) is 0 Å². The largest absolute Gasteiger partial charge is 0.387 e. The molecule has 3 N–H and O–H groups in total. The Kier molecular flexibility index (Phi) is 5.79. The average Bonchev–Trinajstić information content (AvgIpc) is 3.07. The van der Waals surface area contributed by atoms with Crippen LogP contribution in [0.2, 0.25) is 0 Å². The molecule has 2 aromatic rings. The third-order valence-corrected chi connectivity index (χ3v) is 4.96. The maximum atomic E-state index is 12.1. The standard InChI is InChI=1S/C20H22N4O5/c1-12-3-5-15(24(28)29)10-16(12)22-20(27)19(26)21-11-18(25)14-4-6-17-13(9-14)7-8-23(17)2/h3-6,9-10,18,25H,7-8,11H2,1-2H3,(H,21,26)(H,22,27). The Bertz CT molecular complexity index is 975. The summed E-state index contributed by atoms with van der Waals surface area (Å²) in [6.45, 7) is 2.45. The number of anilines is 2. The second-order valence-corrected chi connectivity index (χ2v) is 7.00. The van der Waals surface area contributed by atoms with Gasteiger partial charge in [0.25, 0.3) is 5.69 Å². The van der Waals surface area contributed by atoms with Gasteiger partial charge in [-0.2, -0.15) is 0 Å². The summed E-state index contributed by atoms with van der Waals surface area (Å²) in [7, 11) is 2.00. The van der Waals surface area contributed by atoms with Crippen molar-refractivity contribution < 1.29 is 19.6 Å². The number of nitro groups is 1. The van der Waals surface area contributed by atoms with Gasteiger partial charge < -0.3 is 20.6 Å². The first-order chi connectivity index (χ1) is 13.8. The van der Waals surface area contributed by atoms with Crippen LogP contribution >= 0.6 is 0 Å². The second kappa shape index (κ2) is 8.27. The Morgan fingerprint density at radius 1 is 1.24 bits per heavy atom. The van der Waals surface area contributed by atoms with E-state index in [4.69, 9.17) is 0 Å². The Hall–Kier alpha value is -3.46. The molecular weight excluding hydrogens is 376 g/mol. The minimum absolute atomic E-state index is 0.130. The molecular formula is C20H22N4O5. The highest BCUT2D eigenvalue weighted by Gasteiger charge is 2.20. The molecule has 9 heteroatoms. The number of likely N-dealkylation sites (N-methyl/N-ethyl adjacent to an activating group) is 1. The number of aliphatic hydroxyl groups excluding tert-OH is 1. The monoisotopic (exact) mass is 398 g/mol. The predicted molar refractivity (Wildman–Crippen MR) is 108 cm³/mol. The van der Waals surface area contributed by atoms with Crippen molar-refractivity contribution in [3.8, 4) is 0 Å². The van der Waals surface area contributed by atoms with Crippen molar-refractivity contribution in [3.63, 3.8) is 0 Å². The fourth-order valence-electron chi connectivity index (χ4n) is 3.22. The number of carbonyl (C=O) groups excluding carboxylic acids is 2. The summed E-state index contributed by atoms with van der Waals surface area (Å²) in [4.78, 5) is 36.6. The van der Waals surface area contributed by atoms with Crippen molar-refractivity contribution in [1.82, 2.24) is 5.32 Å². The van der Waals surface area contributed by atoms with Crippen LogP contribution in [0.5, 0.6) is 0 Å². The molecule has 0 saturated carbocycles. The van der Waals surface area contributed by atoms with E-state index in [1.807, 2.05) is 19.2 Å². The van der Waals surface area contributed by atoms with Crippen LogP contribution in [0.3, 0.4) is 0 Å². The molecule has 1 heterocycles. The Morgan fingerprint density at radius 2 is 2.00 bits per heavy atom. The summed E-state index contributed by atoms with van der Waals surface area (Å²) in [5.41, 5.74) is 3.49. The Balaban J connectivity index is 1.58. The number of nitro benzene ring substituents is 1. The molecule has 0 aromatic heterocycles. The van der Waals surface area contributed by atoms with E-state index >= 15 is 0 Å². The number of non-ortho nitro benzene ring substituents is 1. The minimum atomic E-state index is -0.962. The number of rotatable bonds is 5. The number of amides is 2. The number of hydrogen-bond acceptors (Lipinski definition) is 6. The van der Waals surface area contributed by atoms with E-state index in [1.165, 1.54) is 18.2 Å². The Morgan fingerprint density at radius 3 is 2.72 bits per heavy atom. The minimum Gasteiger partial charge on any atom is -0.387 e. The number of aliphatic hydroxyl groups is 1. The van der Waals surface area contributed by atoms with Crippen molar-refractivity contribution in [3.05, 3.63) is 63.2 Å². The summed E-state index contributed by atoms with van der Waals surface area (Å²) in [6.07, 6.45) is -0.0634. The summed E-state index contributed by atoms with van der Waals surface area (Å²) >= 11 is 0. The topological polar surface area (TPSA) is 125 Å². The molecule has 1 unspecified atom stereocenters. The van der Waals surface area contributed by atoms with E-state index in [1.54, 1.807) is 13.0 Å². The van der Waals surface area contributed by atoms with Gasteiger partial charge in [-0.3, -0.25) is 19.7 Å². The van der Waals surface area contributed by atoms with Crippen LogP contribution in [-0.4, -0.2) is 42.0 Å². The number of fused-ring (bicyclic) bond motifs is 1. The lowest BCUT2D eigenvalue weighted by molar-refractivity contribution is -0.384. The maximum Gasteiger partial charge on any atom is 0.313 e. The lowest BCUT2D eigenvalue weighted by atomic mass is 10.0. The van der Waals surface area contributed by atoms with Gasteiger partial charge in [0.05, 0.1) is 16.7 Å². The molecule has 2 aromatic carbocycles. The predicted octanol–water partition coefficient (Wildman–Crippen LogP) is 1.68. The lowest BCUT2D eigenvalue weighted by Crippen LogP contribution is -2.37. The van der Waals surface area contributed by atoms with Crippen LogP contribution < -0.4 is 15.5 Å². The quantitative estimate of drug-likeness (QED) is 0.400. The first-order valence-corrected chi connectivity index (χ1v) is 9.12. The van der Waals surface area contributed by atoms with E-state index in [2.05, 4.69) is 15.5 Å². The third-order valence-electron chi connectivity index (χ3n) is 4.96. The molecule has 9 nitrogen and oxygen atoms in total. The smallest absolute Gasteiger partial charge is 0.313 e. The average molecular weight is 398 g/mol. The van der Waals surface area contributed by atoms with Gasteiger partial charge in [-0.1, -0.05) is 18.2 Å². The summed E-state index contributed by atoms with van der Waals surface area (Å²) < 4.78 is 0. The van der Waals surface area contributed by atoms with E-state index < -0.39 is 22.8 Å². The number of carbonyl (C=O) groups is 2. The fraction of sp³-hybridized carbons (Fsp3) is 0.300. The molecule has 0 spiro atoms. The number of nitrogens with zero attached hydrogens (tertiary/aromatic N) is 2. The van der Waals surface area contributed by atoms with Crippen molar-refractivity contribution in [2.24, 2.45) is 0 Å². The van der Waals surface area contributed by atoms with Gasteiger partial charge in [-0.05, 0) is 36.1 Å². The normalized spacial score (nSPS) is 13.6. The highest BCUT2D eigenvalue weighted by molar-refractivity contribution is 6.39. The molecule has 0 radical (unpaired) electrons. The van der Waals surface area contributed by atoms with Gasteiger partial charge in [0.15, 0.2) is 0 Å². The highest BCUT2D eigenvalue weighted by Crippen LogP contribution is 2.29. The van der Waals surface area contributed by atoms with Crippen LogP contribution in [0.1, 0.15) is 22.8 Å². The van der Waals surface area contributed by atoms with E-state index in [9.17, 15) is 24.8 Å². The molecule has 0 bridgehead atoms. The van der Waals surface area contributed by atoms with E-state index in [0.29, 0.717) is 11.1 Å². The highest BCUT2D eigenvalue weighted by atomic mass is 16.6. The maximum absolute atomic E-state index is 12.1. The molecule has 1 atom stereocenters. The van der Waals surface area contributed by atoms with Crippen molar-refractivity contribution in [2.45, 2.75) is 19.4 Å². The van der Waals surface area contributed by atoms with Crippen LogP contribution in [0.15, 0.2) is 36.4 Å². The van der Waals surface area contributed by atoms with Gasteiger partial charge in [-0.15, -0.1) is 0 Å². The lowest BCUT2D eigenvalue weighted by Gasteiger charge is -2.15. The number of benzene rings is 2. The summed E-state index contributed by atoms with van der Waals surface area (Å²) in [5.74, 6) is -1.90. The van der Waals surface area contributed by atoms with E-state index in [0.717, 1.165) is 24.2 Å². The second-order valence-electron chi connectivity index (χ2n) is 7.00. The zero-order chi connectivity index (χ0) is 21.1. The van der Waals surface area contributed by atoms with Gasteiger partial charge in [0, 0.05) is 38.0 Å². The summed E-state index contributed by atoms with van der Waals surface area (Å²) in [6, 6.07) is 9.63.